The second-order valence-corrected chi connectivity index (χ2v) is 6.72. The number of benzene rings is 2. The minimum absolute atomic E-state index is 0.0103. The molecule has 24 heavy (non-hydrogen) atoms. The fourth-order valence-electron chi connectivity index (χ4n) is 2.49. The first-order chi connectivity index (χ1) is 11.7. The van der Waals surface area contributed by atoms with Gasteiger partial charge < -0.3 is 9.64 Å². The van der Waals surface area contributed by atoms with Crippen LogP contribution >= 0.6 is 15.9 Å². The van der Waals surface area contributed by atoms with Crippen molar-refractivity contribution in [1.29, 1.82) is 5.26 Å². The van der Waals surface area contributed by atoms with Gasteiger partial charge >= 0.3 is 0 Å². The third-order valence-electron chi connectivity index (χ3n) is 3.90. The second kappa shape index (κ2) is 7.50. The predicted octanol–water partition coefficient (Wildman–Crippen LogP) is 3.89. The molecule has 1 saturated carbocycles. The van der Waals surface area contributed by atoms with Crippen LogP contribution in [-0.4, -0.2) is 23.5 Å². The molecule has 0 atom stereocenters. The molecule has 0 saturated heterocycles. The van der Waals surface area contributed by atoms with E-state index < -0.39 is 0 Å². The lowest BCUT2D eigenvalue weighted by Gasteiger charge is -2.23. The summed E-state index contributed by atoms with van der Waals surface area (Å²) in [7, 11) is 0. The molecule has 0 aliphatic heterocycles. The van der Waals surface area contributed by atoms with Crippen molar-refractivity contribution in [2.45, 2.75) is 25.4 Å². The zero-order chi connectivity index (χ0) is 16.9. The Morgan fingerprint density at radius 1 is 1.25 bits per heavy atom. The molecule has 0 bridgehead atoms. The van der Waals surface area contributed by atoms with Gasteiger partial charge in [-0.3, -0.25) is 4.79 Å². The fourth-order valence-corrected chi connectivity index (χ4v) is 2.94. The van der Waals surface area contributed by atoms with Gasteiger partial charge in [-0.2, -0.15) is 5.26 Å². The van der Waals surface area contributed by atoms with Gasteiger partial charge in [-0.1, -0.05) is 28.1 Å². The normalized spacial score (nSPS) is 13.2. The summed E-state index contributed by atoms with van der Waals surface area (Å²) >= 11 is 3.46. The Morgan fingerprint density at radius 3 is 2.62 bits per heavy atom. The molecule has 2 aromatic rings. The summed E-state index contributed by atoms with van der Waals surface area (Å²) in [5.41, 5.74) is 1.67. The maximum atomic E-state index is 12.5. The molecule has 2 aromatic carbocycles. The largest absolute Gasteiger partial charge is 0.484 e. The Hall–Kier alpha value is -2.32. The number of nitriles is 1. The number of ether oxygens (including phenoxy) is 1. The van der Waals surface area contributed by atoms with Crippen molar-refractivity contribution in [3.8, 4) is 11.8 Å². The zero-order valence-electron chi connectivity index (χ0n) is 13.1. The maximum absolute atomic E-state index is 12.5. The lowest BCUT2D eigenvalue weighted by molar-refractivity contribution is -0.134. The van der Waals surface area contributed by atoms with E-state index in [0.717, 1.165) is 22.9 Å². The molecule has 1 aliphatic carbocycles. The van der Waals surface area contributed by atoms with Crippen LogP contribution in [0.1, 0.15) is 24.0 Å². The van der Waals surface area contributed by atoms with Gasteiger partial charge in [-0.15, -0.1) is 0 Å². The first-order valence-corrected chi connectivity index (χ1v) is 8.62. The standard InChI is InChI=1S/C19H17BrN2O2/c20-16-3-1-2-15(10-16)12-22(17-6-7-17)19(23)13-24-18-8-4-14(11-21)5-9-18/h1-5,8-10,17H,6-7,12-13H2. The number of hydrogen-bond donors (Lipinski definition) is 0. The lowest BCUT2D eigenvalue weighted by Crippen LogP contribution is -2.36. The van der Waals surface area contributed by atoms with Crippen LogP contribution in [0.5, 0.6) is 5.75 Å². The summed E-state index contributed by atoms with van der Waals surface area (Å²) in [6, 6.07) is 17.2. The first-order valence-electron chi connectivity index (χ1n) is 7.82. The highest BCUT2D eigenvalue weighted by Gasteiger charge is 2.32. The van der Waals surface area contributed by atoms with Crippen LogP contribution in [0.3, 0.4) is 0 Å². The number of rotatable bonds is 6. The molecule has 4 nitrogen and oxygen atoms in total. The van der Waals surface area contributed by atoms with Crippen molar-refractivity contribution >= 4 is 21.8 Å². The SMILES string of the molecule is N#Cc1ccc(OCC(=O)N(Cc2cccc(Br)c2)C2CC2)cc1. The molecule has 0 N–H and O–H groups in total. The van der Waals surface area contributed by atoms with E-state index in [2.05, 4.69) is 22.0 Å². The van der Waals surface area contributed by atoms with E-state index in [1.54, 1.807) is 24.3 Å². The smallest absolute Gasteiger partial charge is 0.261 e. The van der Waals surface area contributed by atoms with E-state index in [-0.39, 0.29) is 12.5 Å². The van der Waals surface area contributed by atoms with Gasteiger partial charge in [-0.25, -0.2) is 0 Å². The summed E-state index contributed by atoms with van der Waals surface area (Å²) < 4.78 is 6.59. The molecule has 122 valence electrons. The molecule has 1 amide bonds. The average Bonchev–Trinajstić information content (AvgIpc) is 3.43. The van der Waals surface area contributed by atoms with Gasteiger partial charge in [0, 0.05) is 17.1 Å². The maximum Gasteiger partial charge on any atom is 0.261 e. The highest BCUT2D eigenvalue weighted by Crippen LogP contribution is 2.29. The van der Waals surface area contributed by atoms with Gasteiger partial charge in [0.1, 0.15) is 5.75 Å². The molecular weight excluding hydrogens is 368 g/mol. The molecule has 0 heterocycles. The van der Waals surface area contributed by atoms with Crippen LogP contribution in [0, 0.1) is 11.3 Å². The Labute approximate surface area is 149 Å². The van der Waals surface area contributed by atoms with Crippen LogP contribution in [-0.2, 0) is 11.3 Å². The van der Waals surface area contributed by atoms with E-state index >= 15 is 0 Å². The summed E-state index contributed by atoms with van der Waals surface area (Å²) in [6.07, 6.45) is 2.10. The van der Waals surface area contributed by atoms with Gasteiger partial charge in [-0.05, 0) is 54.8 Å². The summed E-state index contributed by atoms with van der Waals surface area (Å²) in [6.45, 7) is 0.607. The minimum atomic E-state index is -0.0122. The number of carbonyl (C=O) groups excluding carboxylic acids is 1. The number of halogens is 1. The Balaban J connectivity index is 1.61. The van der Waals surface area contributed by atoms with Crippen LogP contribution in [0.2, 0.25) is 0 Å². The number of nitrogens with zero attached hydrogens (tertiary/aromatic N) is 2. The Kier molecular flexibility index (Phi) is 5.17. The molecule has 0 unspecified atom stereocenters. The Bertz CT molecular complexity index is 764. The fraction of sp³-hybridized carbons (Fsp3) is 0.263. The van der Waals surface area contributed by atoms with Crippen molar-refractivity contribution in [3.05, 3.63) is 64.1 Å². The van der Waals surface area contributed by atoms with E-state index in [1.165, 1.54) is 0 Å². The highest BCUT2D eigenvalue weighted by atomic mass is 79.9. The number of amides is 1. The van der Waals surface area contributed by atoms with Crippen LogP contribution in [0.4, 0.5) is 0 Å². The van der Waals surface area contributed by atoms with E-state index in [0.29, 0.717) is 23.9 Å². The van der Waals surface area contributed by atoms with E-state index in [4.69, 9.17) is 10.00 Å². The van der Waals surface area contributed by atoms with Crippen molar-refractivity contribution in [2.24, 2.45) is 0 Å². The summed E-state index contributed by atoms with van der Waals surface area (Å²) in [5.74, 6) is 0.586. The van der Waals surface area contributed by atoms with Gasteiger partial charge in [0.2, 0.25) is 0 Å². The van der Waals surface area contributed by atoms with Gasteiger partial charge in [0.15, 0.2) is 6.61 Å². The molecule has 0 radical (unpaired) electrons. The van der Waals surface area contributed by atoms with Crippen molar-refractivity contribution in [2.75, 3.05) is 6.61 Å². The second-order valence-electron chi connectivity index (χ2n) is 5.81. The zero-order valence-corrected chi connectivity index (χ0v) is 14.7. The van der Waals surface area contributed by atoms with Crippen molar-refractivity contribution < 1.29 is 9.53 Å². The van der Waals surface area contributed by atoms with Crippen LogP contribution < -0.4 is 4.74 Å². The van der Waals surface area contributed by atoms with E-state index in [1.807, 2.05) is 29.2 Å². The van der Waals surface area contributed by atoms with Crippen molar-refractivity contribution in [1.82, 2.24) is 4.90 Å². The van der Waals surface area contributed by atoms with Gasteiger partial charge in [0.05, 0.1) is 11.6 Å². The third-order valence-corrected chi connectivity index (χ3v) is 4.39. The Morgan fingerprint density at radius 2 is 2.00 bits per heavy atom. The van der Waals surface area contributed by atoms with E-state index in [9.17, 15) is 4.79 Å². The molecule has 0 spiro atoms. The quantitative estimate of drug-likeness (QED) is 0.758. The minimum Gasteiger partial charge on any atom is -0.484 e. The molecule has 3 rings (SSSR count). The molecule has 0 aromatic heterocycles. The molecule has 1 aliphatic rings. The molecular formula is C19H17BrN2O2. The first kappa shape index (κ1) is 16.5. The molecule has 5 heteroatoms. The topological polar surface area (TPSA) is 53.3 Å². The predicted molar refractivity (Wildman–Crippen MR) is 94.4 cm³/mol. The number of hydrogen-bond acceptors (Lipinski definition) is 3. The lowest BCUT2D eigenvalue weighted by atomic mass is 10.2. The third kappa shape index (κ3) is 4.36. The van der Waals surface area contributed by atoms with Crippen LogP contribution in [0.25, 0.3) is 0 Å². The van der Waals surface area contributed by atoms with Gasteiger partial charge in [0.25, 0.3) is 5.91 Å². The van der Waals surface area contributed by atoms with Crippen molar-refractivity contribution in [3.63, 3.8) is 0 Å². The summed E-state index contributed by atoms with van der Waals surface area (Å²) in [5, 5.41) is 8.79. The summed E-state index contributed by atoms with van der Waals surface area (Å²) in [4.78, 5) is 14.4. The van der Waals surface area contributed by atoms with Crippen LogP contribution in [0.15, 0.2) is 53.0 Å². The number of carbonyl (C=O) groups is 1. The molecule has 1 fully saturated rings. The highest BCUT2D eigenvalue weighted by molar-refractivity contribution is 9.10. The average molecular weight is 385 g/mol. The monoisotopic (exact) mass is 384 g/mol.